The highest BCUT2D eigenvalue weighted by Gasteiger charge is 2.02. The fraction of sp³-hybridized carbons (Fsp3) is 0.273. The first-order valence-electron chi connectivity index (χ1n) is 4.27. The van der Waals surface area contributed by atoms with Gasteiger partial charge in [-0.1, -0.05) is 6.92 Å². The Morgan fingerprint density at radius 2 is 2.08 bits per heavy atom. The van der Waals surface area contributed by atoms with Crippen LogP contribution >= 0.6 is 0 Å². The van der Waals surface area contributed by atoms with Gasteiger partial charge in [-0.05, 0) is 37.1 Å². The maximum absolute atomic E-state index is 11.1. The molecule has 13 heavy (non-hydrogen) atoms. The summed E-state index contributed by atoms with van der Waals surface area (Å²) >= 11 is 0. The van der Waals surface area contributed by atoms with E-state index in [9.17, 15) is 9.59 Å². The Balaban J connectivity index is 3.22. The molecule has 0 bridgehead atoms. The highest BCUT2D eigenvalue weighted by Crippen LogP contribution is 2.10. The molecule has 0 saturated heterocycles. The van der Waals surface area contributed by atoms with Gasteiger partial charge < -0.3 is 0 Å². The summed E-state index contributed by atoms with van der Waals surface area (Å²) in [6.07, 6.45) is 1.60. The first-order valence-corrected chi connectivity index (χ1v) is 4.27. The minimum Gasteiger partial charge on any atom is -0.298 e. The summed E-state index contributed by atoms with van der Waals surface area (Å²) < 4.78 is 0. The first-order chi connectivity index (χ1) is 6.17. The number of hydrogen-bond acceptors (Lipinski definition) is 2. The highest BCUT2D eigenvalue weighted by molar-refractivity contribution is 5.95. The Morgan fingerprint density at radius 1 is 1.38 bits per heavy atom. The van der Waals surface area contributed by atoms with Gasteiger partial charge in [0.2, 0.25) is 0 Å². The van der Waals surface area contributed by atoms with Crippen molar-refractivity contribution in [2.75, 3.05) is 0 Å². The van der Waals surface area contributed by atoms with E-state index in [4.69, 9.17) is 0 Å². The van der Waals surface area contributed by atoms with Crippen molar-refractivity contribution in [3.63, 3.8) is 0 Å². The SMILES string of the molecule is CCc1cc(C=O)cc(C(C)=O)c1. The number of aryl methyl sites for hydroxylation is 1. The molecule has 0 aliphatic carbocycles. The second-order valence-corrected chi connectivity index (χ2v) is 2.99. The molecule has 1 rings (SSSR count). The van der Waals surface area contributed by atoms with E-state index in [0.29, 0.717) is 11.1 Å². The van der Waals surface area contributed by atoms with Crippen molar-refractivity contribution in [1.82, 2.24) is 0 Å². The van der Waals surface area contributed by atoms with Crippen molar-refractivity contribution in [3.8, 4) is 0 Å². The topological polar surface area (TPSA) is 34.1 Å². The summed E-state index contributed by atoms with van der Waals surface area (Å²) in [6.45, 7) is 3.50. The number of carbonyl (C=O) groups excluding carboxylic acids is 2. The third-order valence-corrected chi connectivity index (χ3v) is 1.97. The lowest BCUT2D eigenvalue weighted by Crippen LogP contribution is -1.96. The van der Waals surface area contributed by atoms with Crippen LogP contribution in [0.3, 0.4) is 0 Å². The fourth-order valence-corrected chi connectivity index (χ4v) is 1.19. The largest absolute Gasteiger partial charge is 0.298 e. The lowest BCUT2D eigenvalue weighted by molar-refractivity contribution is 0.101. The molecule has 0 fully saturated rings. The molecule has 0 unspecified atom stereocenters. The molecule has 0 heterocycles. The maximum Gasteiger partial charge on any atom is 0.159 e. The van der Waals surface area contributed by atoms with Gasteiger partial charge in [0.15, 0.2) is 5.78 Å². The average Bonchev–Trinajstić information content (AvgIpc) is 2.16. The van der Waals surface area contributed by atoms with Crippen LogP contribution in [0.5, 0.6) is 0 Å². The molecular weight excluding hydrogens is 164 g/mol. The Bertz CT molecular complexity index is 340. The van der Waals surface area contributed by atoms with E-state index in [-0.39, 0.29) is 5.78 Å². The maximum atomic E-state index is 11.1. The molecule has 0 aromatic heterocycles. The molecule has 0 radical (unpaired) electrons. The smallest absolute Gasteiger partial charge is 0.159 e. The van der Waals surface area contributed by atoms with E-state index >= 15 is 0 Å². The molecule has 1 aromatic carbocycles. The third kappa shape index (κ3) is 2.25. The normalized spacial score (nSPS) is 9.69. The van der Waals surface area contributed by atoms with Crippen LogP contribution in [0.15, 0.2) is 18.2 Å². The van der Waals surface area contributed by atoms with Crippen LogP contribution in [0.25, 0.3) is 0 Å². The summed E-state index contributed by atoms with van der Waals surface area (Å²) in [5.74, 6) is -0.00148. The molecule has 0 aliphatic rings. The first kappa shape index (κ1) is 9.65. The molecular formula is C11H12O2. The van der Waals surface area contributed by atoms with Crippen LogP contribution < -0.4 is 0 Å². The number of hydrogen-bond donors (Lipinski definition) is 0. The molecule has 0 N–H and O–H groups in total. The number of rotatable bonds is 3. The van der Waals surface area contributed by atoms with Gasteiger partial charge in [-0.2, -0.15) is 0 Å². The van der Waals surface area contributed by atoms with Crippen LogP contribution in [0.2, 0.25) is 0 Å². The van der Waals surface area contributed by atoms with E-state index < -0.39 is 0 Å². The zero-order chi connectivity index (χ0) is 9.84. The van der Waals surface area contributed by atoms with Crippen molar-refractivity contribution >= 4 is 12.1 Å². The standard InChI is InChI=1S/C11H12O2/c1-3-9-4-10(7-12)6-11(5-9)8(2)13/h4-7H,3H2,1-2H3. The highest BCUT2D eigenvalue weighted by atomic mass is 16.1. The Labute approximate surface area is 77.6 Å². The van der Waals surface area contributed by atoms with Crippen LogP contribution in [0.1, 0.15) is 40.1 Å². The number of ketones is 1. The van der Waals surface area contributed by atoms with Gasteiger partial charge in [-0.3, -0.25) is 9.59 Å². The Hall–Kier alpha value is -1.44. The minimum absolute atomic E-state index is 0.00148. The van der Waals surface area contributed by atoms with Crippen molar-refractivity contribution < 1.29 is 9.59 Å². The Morgan fingerprint density at radius 3 is 2.54 bits per heavy atom. The van der Waals surface area contributed by atoms with Gasteiger partial charge in [0.05, 0.1) is 0 Å². The molecule has 2 nitrogen and oxygen atoms in total. The lowest BCUT2D eigenvalue weighted by Gasteiger charge is -2.01. The molecule has 0 amide bonds. The van der Waals surface area contributed by atoms with Crippen molar-refractivity contribution in [1.29, 1.82) is 0 Å². The van der Waals surface area contributed by atoms with E-state index in [1.165, 1.54) is 6.92 Å². The number of benzene rings is 1. The van der Waals surface area contributed by atoms with Gasteiger partial charge >= 0.3 is 0 Å². The third-order valence-electron chi connectivity index (χ3n) is 1.97. The molecule has 0 aliphatic heterocycles. The van der Waals surface area contributed by atoms with Crippen LogP contribution in [0.4, 0.5) is 0 Å². The second kappa shape index (κ2) is 3.99. The Kier molecular flexibility index (Phi) is 2.96. The molecule has 2 heteroatoms. The van der Waals surface area contributed by atoms with Crippen LogP contribution in [0, 0.1) is 0 Å². The zero-order valence-electron chi connectivity index (χ0n) is 7.83. The van der Waals surface area contributed by atoms with Gasteiger partial charge in [0, 0.05) is 11.1 Å². The molecule has 68 valence electrons. The fourth-order valence-electron chi connectivity index (χ4n) is 1.19. The molecule has 0 spiro atoms. The predicted octanol–water partition coefficient (Wildman–Crippen LogP) is 2.26. The molecule has 0 saturated carbocycles. The minimum atomic E-state index is -0.00148. The monoisotopic (exact) mass is 176 g/mol. The molecule has 1 aromatic rings. The van der Waals surface area contributed by atoms with E-state index in [0.717, 1.165) is 18.3 Å². The van der Waals surface area contributed by atoms with Gasteiger partial charge in [-0.25, -0.2) is 0 Å². The number of Topliss-reactive ketones (excluding diaryl/α,β-unsaturated/α-hetero) is 1. The lowest BCUT2D eigenvalue weighted by atomic mass is 10.0. The quantitative estimate of drug-likeness (QED) is 0.523. The van der Waals surface area contributed by atoms with E-state index in [1.807, 2.05) is 13.0 Å². The predicted molar refractivity (Wildman–Crippen MR) is 51.2 cm³/mol. The summed E-state index contributed by atoms with van der Waals surface area (Å²) in [6, 6.07) is 5.25. The number of aldehydes is 1. The number of carbonyl (C=O) groups is 2. The summed E-state index contributed by atoms with van der Waals surface area (Å²) in [4.78, 5) is 21.6. The molecule has 0 atom stereocenters. The van der Waals surface area contributed by atoms with Gasteiger partial charge in [0.25, 0.3) is 0 Å². The van der Waals surface area contributed by atoms with Crippen LogP contribution in [-0.2, 0) is 6.42 Å². The summed E-state index contributed by atoms with van der Waals surface area (Å²) in [7, 11) is 0. The summed E-state index contributed by atoms with van der Waals surface area (Å²) in [5.41, 5.74) is 2.21. The van der Waals surface area contributed by atoms with E-state index in [2.05, 4.69) is 0 Å². The van der Waals surface area contributed by atoms with Crippen LogP contribution in [-0.4, -0.2) is 12.1 Å². The van der Waals surface area contributed by atoms with Crippen molar-refractivity contribution in [2.24, 2.45) is 0 Å². The summed E-state index contributed by atoms with van der Waals surface area (Å²) in [5, 5.41) is 0. The van der Waals surface area contributed by atoms with E-state index in [1.54, 1.807) is 12.1 Å². The average molecular weight is 176 g/mol. The van der Waals surface area contributed by atoms with Crippen molar-refractivity contribution in [3.05, 3.63) is 34.9 Å². The van der Waals surface area contributed by atoms with Gasteiger partial charge in [0.1, 0.15) is 6.29 Å². The second-order valence-electron chi connectivity index (χ2n) is 2.99. The van der Waals surface area contributed by atoms with Crippen molar-refractivity contribution in [2.45, 2.75) is 20.3 Å². The zero-order valence-corrected chi connectivity index (χ0v) is 7.83. The van der Waals surface area contributed by atoms with Gasteiger partial charge in [-0.15, -0.1) is 0 Å².